The van der Waals surface area contributed by atoms with Crippen molar-refractivity contribution in [2.24, 2.45) is 11.8 Å². The number of halogens is 1. The lowest BCUT2D eigenvalue weighted by Gasteiger charge is -2.27. The molecular weight excluding hydrogens is 357 g/mol. The van der Waals surface area contributed by atoms with E-state index in [0.717, 1.165) is 5.56 Å². The smallest absolute Gasteiger partial charge is 0.227 e. The number of hydrogen-bond acceptors (Lipinski definition) is 3. The van der Waals surface area contributed by atoms with Crippen molar-refractivity contribution < 1.29 is 14.0 Å². The number of para-hydroxylation sites is 1. The minimum Gasteiger partial charge on any atom is -0.352 e. The summed E-state index contributed by atoms with van der Waals surface area (Å²) in [5, 5.41) is 14.8. The molecule has 0 aliphatic heterocycles. The van der Waals surface area contributed by atoms with Gasteiger partial charge in [0.25, 0.3) is 0 Å². The number of carbonyl (C=O) groups is 2. The molecule has 28 heavy (non-hydrogen) atoms. The highest BCUT2D eigenvalue weighted by Crippen LogP contribution is 2.30. The van der Waals surface area contributed by atoms with Gasteiger partial charge in [0.2, 0.25) is 11.8 Å². The number of nitrogens with zero attached hydrogens (tertiary/aromatic N) is 1. The van der Waals surface area contributed by atoms with Crippen molar-refractivity contribution in [2.45, 2.75) is 32.2 Å². The first kappa shape index (κ1) is 19.6. The molecule has 0 heterocycles. The van der Waals surface area contributed by atoms with E-state index in [1.54, 1.807) is 36.4 Å². The molecule has 2 aromatic rings. The Morgan fingerprint density at radius 3 is 2.21 bits per heavy atom. The number of benzene rings is 2. The van der Waals surface area contributed by atoms with Gasteiger partial charge in [-0.25, -0.2) is 4.39 Å². The van der Waals surface area contributed by atoms with Gasteiger partial charge in [-0.2, -0.15) is 5.26 Å². The van der Waals surface area contributed by atoms with Crippen molar-refractivity contribution in [3.63, 3.8) is 0 Å². The number of anilines is 1. The highest BCUT2D eigenvalue weighted by molar-refractivity contribution is 5.94. The van der Waals surface area contributed by atoms with Gasteiger partial charge in [0, 0.05) is 18.4 Å². The van der Waals surface area contributed by atoms with Crippen molar-refractivity contribution in [1.29, 1.82) is 5.26 Å². The number of nitriles is 1. The first-order chi connectivity index (χ1) is 13.6. The summed E-state index contributed by atoms with van der Waals surface area (Å²) in [5.41, 5.74) is 1.80. The van der Waals surface area contributed by atoms with E-state index in [1.807, 2.05) is 0 Å². The van der Waals surface area contributed by atoms with Crippen molar-refractivity contribution in [1.82, 2.24) is 5.32 Å². The van der Waals surface area contributed by atoms with Crippen molar-refractivity contribution >= 4 is 17.5 Å². The Hall–Kier alpha value is -3.20. The quantitative estimate of drug-likeness (QED) is 0.830. The molecule has 1 fully saturated rings. The van der Waals surface area contributed by atoms with E-state index in [4.69, 9.17) is 5.26 Å². The predicted molar refractivity (Wildman–Crippen MR) is 103 cm³/mol. The minimum atomic E-state index is -0.302. The third kappa shape index (κ3) is 4.95. The van der Waals surface area contributed by atoms with Gasteiger partial charge in [-0.1, -0.05) is 24.3 Å². The predicted octanol–water partition coefficient (Wildman–Crippen LogP) is 3.76. The van der Waals surface area contributed by atoms with Crippen LogP contribution in [0.1, 0.15) is 36.8 Å². The number of rotatable bonds is 5. The molecular formula is C22H22FN3O2. The molecule has 0 atom stereocenters. The van der Waals surface area contributed by atoms with Gasteiger partial charge in [0.15, 0.2) is 0 Å². The second-order valence-corrected chi connectivity index (χ2v) is 7.04. The van der Waals surface area contributed by atoms with Crippen molar-refractivity contribution in [3.8, 4) is 6.07 Å². The van der Waals surface area contributed by atoms with Crippen LogP contribution in [-0.4, -0.2) is 11.8 Å². The molecule has 5 nitrogen and oxygen atoms in total. The lowest BCUT2D eigenvalue weighted by molar-refractivity contribution is -0.128. The second-order valence-electron chi connectivity index (χ2n) is 7.04. The highest BCUT2D eigenvalue weighted by atomic mass is 19.1. The molecule has 0 bridgehead atoms. The van der Waals surface area contributed by atoms with Gasteiger partial charge in [0.05, 0.1) is 11.3 Å². The average molecular weight is 379 g/mol. The molecule has 3 rings (SSSR count). The first-order valence-corrected chi connectivity index (χ1v) is 9.39. The summed E-state index contributed by atoms with van der Waals surface area (Å²) in [6, 6.07) is 15.0. The summed E-state index contributed by atoms with van der Waals surface area (Å²) in [5.74, 6) is -0.710. The zero-order valence-corrected chi connectivity index (χ0v) is 15.5. The Kier molecular flexibility index (Phi) is 6.38. The molecule has 144 valence electrons. The Morgan fingerprint density at radius 2 is 1.57 bits per heavy atom. The summed E-state index contributed by atoms with van der Waals surface area (Å²) in [6.45, 7) is 0.366. The van der Waals surface area contributed by atoms with Crippen LogP contribution < -0.4 is 10.6 Å². The van der Waals surface area contributed by atoms with Gasteiger partial charge in [-0.05, 0) is 55.5 Å². The molecule has 1 aliphatic carbocycles. The maximum absolute atomic E-state index is 12.9. The third-order valence-electron chi connectivity index (χ3n) is 5.15. The molecule has 0 spiro atoms. The Morgan fingerprint density at radius 1 is 0.964 bits per heavy atom. The molecule has 0 saturated heterocycles. The van der Waals surface area contributed by atoms with E-state index >= 15 is 0 Å². The van der Waals surface area contributed by atoms with Crippen LogP contribution in [0.3, 0.4) is 0 Å². The summed E-state index contributed by atoms with van der Waals surface area (Å²) < 4.78 is 12.9. The van der Waals surface area contributed by atoms with Gasteiger partial charge < -0.3 is 10.6 Å². The van der Waals surface area contributed by atoms with Crippen LogP contribution in [0.5, 0.6) is 0 Å². The van der Waals surface area contributed by atoms with E-state index in [2.05, 4.69) is 16.7 Å². The molecule has 1 aliphatic rings. The van der Waals surface area contributed by atoms with Crippen molar-refractivity contribution in [3.05, 3.63) is 65.5 Å². The molecule has 0 aromatic heterocycles. The number of hydrogen-bond donors (Lipinski definition) is 2. The summed E-state index contributed by atoms with van der Waals surface area (Å²) in [4.78, 5) is 24.9. The number of nitrogens with one attached hydrogen (secondary N) is 2. The van der Waals surface area contributed by atoms with E-state index in [-0.39, 0.29) is 29.5 Å². The van der Waals surface area contributed by atoms with Gasteiger partial charge in [-0.3, -0.25) is 9.59 Å². The van der Waals surface area contributed by atoms with E-state index in [0.29, 0.717) is 43.5 Å². The molecule has 2 N–H and O–H groups in total. The number of amides is 2. The SMILES string of the molecule is N#Cc1ccccc1NC(=O)C1CCC(C(=O)NCc2ccc(F)cc2)CC1. The van der Waals surface area contributed by atoms with Crippen LogP contribution in [-0.2, 0) is 16.1 Å². The van der Waals surface area contributed by atoms with Crippen LogP contribution in [0.25, 0.3) is 0 Å². The lowest BCUT2D eigenvalue weighted by Crippen LogP contribution is -2.35. The topological polar surface area (TPSA) is 82.0 Å². The molecule has 1 saturated carbocycles. The van der Waals surface area contributed by atoms with E-state index in [1.165, 1.54) is 12.1 Å². The summed E-state index contributed by atoms with van der Waals surface area (Å²) >= 11 is 0. The van der Waals surface area contributed by atoms with Gasteiger partial charge in [0.1, 0.15) is 11.9 Å². The van der Waals surface area contributed by atoms with Gasteiger partial charge in [-0.15, -0.1) is 0 Å². The Labute approximate surface area is 163 Å². The summed E-state index contributed by atoms with van der Waals surface area (Å²) in [7, 11) is 0. The Balaban J connectivity index is 1.47. The lowest BCUT2D eigenvalue weighted by atomic mass is 9.81. The highest BCUT2D eigenvalue weighted by Gasteiger charge is 2.30. The molecule has 0 radical (unpaired) electrons. The van der Waals surface area contributed by atoms with Crippen LogP contribution in [0.2, 0.25) is 0 Å². The minimum absolute atomic E-state index is 0.0296. The average Bonchev–Trinajstić information content (AvgIpc) is 2.73. The third-order valence-corrected chi connectivity index (χ3v) is 5.15. The fourth-order valence-electron chi connectivity index (χ4n) is 3.48. The van der Waals surface area contributed by atoms with Crippen LogP contribution in [0.4, 0.5) is 10.1 Å². The monoisotopic (exact) mass is 379 g/mol. The summed E-state index contributed by atoms with van der Waals surface area (Å²) in [6.07, 6.45) is 2.56. The van der Waals surface area contributed by atoms with Crippen LogP contribution in [0.15, 0.2) is 48.5 Å². The molecule has 2 aromatic carbocycles. The van der Waals surface area contributed by atoms with Crippen LogP contribution in [0, 0.1) is 29.0 Å². The number of carbonyl (C=O) groups excluding carboxylic acids is 2. The normalized spacial score (nSPS) is 18.7. The molecule has 0 unspecified atom stereocenters. The maximum atomic E-state index is 12.9. The Bertz CT molecular complexity index is 881. The first-order valence-electron chi connectivity index (χ1n) is 9.39. The van der Waals surface area contributed by atoms with E-state index in [9.17, 15) is 14.0 Å². The fourth-order valence-corrected chi connectivity index (χ4v) is 3.48. The fraction of sp³-hybridized carbons (Fsp3) is 0.318. The standard InChI is InChI=1S/C22H22FN3O2/c23-19-11-5-15(6-12-19)14-25-21(27)16-7-9-17(10-8-16)22(28)26-20-4-2-1-3-18(20)13-24/h1-6,11-12,16-17H,7-10,14H2,(H,25,27)(H,26,28). The van der Waals surface area contributed by atoms with Gasteiger partial charge >= 0.3 is 0 Å². The zero-order chi connectivity index (χ0) is 19.9. The maximum Gasteiger partial charge on any atom is 0.227 e. The van der Waals surface area contributed by atoms with E-state index < -0.39 is 0 Å². The largest absolute Gasteiger partial charge is 0.352 e. The van der Waals surface area contributed by atoms with Crippen molar-refractivity contribution in [2.75, 3.05) is 5.32 Å². The zero-order valence-electron chi connectivity index (χ0n) is 15.5. The van der Waals surface area contributed by atoms with Crippen LogP contribution >= 0.6 is 0 Å². The second kappa shape index (κ2) is 9.14. The molecule has 2 amide bonds. The molecule has 6 heteroatoms.